The van der Waals surface area contributed by atoms with Crippen molar-refractivity contribution >= 4 is 23.1 Å². The number of thiophene rings is 1. The van der Waals surface area contributed by atoms with E-state index < -0.39 is 0 Å². The number of hydrogen-bond donors (Lipinski definition) is 2. The Balaban J connectivity index is 1.84. The predicted molar refractivity (Wildman–Crippen MR) is 89.1 cm³/mol. The maximum absolute atomic E-state index is 13.4. The third-order valence-electron chi connectivity index (χ3n) is 3.93. The van der Waals surface area contributed by atoms with Gasteiger partial charge in [-0.05, 0) is 60.4 Å². The highest BCUT2D eigenvalue weighted by molar-refractivity contribution is 7.98. The van der Waals surface area contributed by atoms with Crippen molar-refractivity contribution in [2.24, 2.45) is 5.84 Å². The van der Waals surface area contributed by atoms with Crippen molar-refractivity contribution in [1.82, 2.24) is 5.43 Å². The molecule has 21 heavy (non-hydrogen) atoms. The summed E-state index contributed by atoms with van der Waals surface area (Å²) in [4.78, 5) is 2.74. The van der Waals surface area contributed by atoms with Gasteiger partial charge in [0.2, 0.25) is 0 Å². The second-order valence-electron chi connectivity index (χ2n) is 5.39. The quantitative estimate of drug-likeness (QED) is 0.665. The van der Waals surface area contributed by atoms with Crippen LogP contribution in [0.2, 0.25) is 0 Å². The van der Waals surface area contributed by atoms with Gasteiger partial charge in [0.1, 0.15) is 5.82 Å². The summed E-state index contributed by atoms with van der Waals surface area (Å²) in [5.41, 5.74) is 6.47. The van der Waals surface area contributed by atoms with Gasteiger partial charge >= 0.3 is 0 Å². The molecule has 0 aliphatic carbocycles. The number of hydrazine groups is 1. The number of thioether (sulfide) groups is 1. The summed E-state index contributed by atoms with van der Waals surface area (Å²) in [5.74, 6) is 7.87. The average Bonchev–Trinajstić information content (AvgIpc) is 2.91. The molecule has 0 amide bonds. The molecular formula is C16H19FN2S2. The lowest BCUT2D eigenvalue weighted by Gasteiger charge is -2.16. The first kappa shape index (κ1) is 15.0. The lowest BCUT2D eigenvalue weighted by atomic mass is 10.00. The Morgan fingerprint density at radius 3 is 3.00 bits per heavy atom. The fraction of sp³-hybridized carbons (Fsp3) is 0.375. The molecule has 1 aromatic heterocycles. The van der Waals surface area contributed by atoms with Gasteiger partial charge in [-0.25, -0.2) is 4.39 Å². The molecule has 0 bridgehead atoms. The Kier molecular flexibility index (Phi) is 4.64. The molecule has 3 N–H and O–H groups in total. The number of rotatable bonds is 4. The SMILES string of the molecule is Cc1ccc(F)cc1CC(NN)c1cc2c(s1)CCSC2. The Bertz CT molecular complexity index is 616. The van der Waals surface area contributed by atoms with E-state index in [1.807, 2.05) is 36.1 Å². The number of aryl methyl sites for hydroxylation is 2. The predicted octanol–water partition coefficient (Wildman–Crippen LogP) is 3.73. The lowest BCUT2D eigenvalue weighted by Crippen LogP contribution is -2.29. The number of nitrogens with one attached hydrogen (secondary N) is 1. The molecule has 0 saturated heterocycles. The molecule has 5 heteroatoms. The zero-order chi connectivity index (χ0) is 14.8. The van der Waals surface area contributed by atoms with Gasteiger partial charge in [0, 0.05) is 15.5 Å². The van der Waals surface area contributed by atoms with E-state index in [0.717, 1.165) is 23.3 Å². The van der Waals surface area contributed by atoms with Crippen LogP contribution >= 0.6 is 23.1 Å². The van der Waals surface area contributed by atoms with Gasteiger partial charge in [0.05, 0.1) is 6.04 Å². The highest BCUT2D eigenvalue weighted by atomic mass is 32.2. The average molecular weight is 322 g/mol. The molecule has 0 fully saturated rings. The van der Waals surface area contributed by atoms with E-state index in [4.69, 9.17) is 5.84 Å². The fourth-order valence-corrected chi connectivity index (χ4v) is 5.10. The fourth-order valence-electron chi connectivity index (χ4n) is 2.66. The van der Waals surface area contributed by atoms with Crippen LogP contribution in [0.25, 0.3) is 0 Å². The molecule has 1 aliphatic rings. The number of benzene rings is 1. The molecule has 2 nitrogen and oxygen atoms in total. The molecule has 1 aromatic carbocycles. The first-order chi connectivity index (χ1) is 10.2. The molecule has 1 unspecified atom stereocenters. The van der Waals surface area contributed by atoms with Crippen LogP contribution in [0.4, 0.5) is 4.39 Å². The van der Waals surface area contributed by atoms with Crippen LogP contribution in [-0.4, -0.2) is 5.75 Å². The van der Waals surface area contributed by atoms with Crippen molar-refractivity contribution in [2.75, 3.05) is 5.75 Å². The van der Waals surface area contributed by atoms with Crippen LogP contribution in [0.3, 0.4) is 0 Å². The summed E-state index contributed by atoms with van der Waals surface area (Å²) < 4.78 is 13.4. The lowest BCUT2D eigenvalue weighted by molar-refractivity contribution is 0.555. The van der Waals surface area contributed by atoms with E-state index in [1.165, 1.54) is 27.1 Å². The summed E-state index contributed by atoms with van der Waals surface area (Å²) in [5, 5.41) is 0. The molecule has 0 saturated carbocycles. The Labute approximate surface area is 132 Å². The van der Waals surface area contributed by atoms with E-state index in [9.17, 15) is 4.39 Å². The van der Waals surface area contributed by atoms with Gasteiger partial charge in [-0.2, -0.15) is 11.8 Å². The van der Waals surface area contributed by atoms with E-state index in [-0.39, 0.29) is 11.9 Å². The summed E-state index contributed by atoms with van der Waals surface area (Å²) >= 11 is 3.83. The topological polar surface area (TPSA) is 38.0 Å². The van der Waals surface area contributed by atoms with Gasteiger partial charge in [0.15, 0.2) is 0 Å². The summed E-state index contributed by atoms with van der Waals surface area (Å²) in [6, 6.07) is 7.26. The number of hydrogen-bond acceptors (Lipinski definition) is 4. The minimum atomic E-state index is -0.187. The maximum atomic E-state index is 13.4. The van der Waals surface area contributed by atoms with Gasteiger partial charge in [-0.1, -0.05) is 6.07 Å². The van der Waals surface area contributed by atoms with E-state index in [0.29, 0.717) is 6.42 Å². The van der Waals surface area contributed by atoms with Crippen molar-refractivity contribution in [3.8, 4) is 0 Å². The Morgan fingerprint density at radius 1 is 1.38 bits per heavy atom. The van der Waals surface area contributed by atoms with Crippen molar-refractivity contribution in [3.05, 3.63) is 56.5 Å². The first-order valence-electron chi connectivity index (χ1n) is 7.07. The molecule has 2 aromatic rings. The third-order valence-corrected chi connectivity index (χ3v) is 6.29. The van der Waals surface area contributed by atoms with E-state index in [1.54, 1.807) is 6.07 Å². The monoisotopic (exact) mass is 322 g/mol. The van der Waals surface area contributed by atoms with Crippen LogP contribution in [0, 0.1) is 12.7 Å². The standard InChI is InChI=1S/C16H19FN2S2/c1-10-2-3-13(17)6-11(10)7-14(19-18)16-8-12-9-20-5-4-15(12)21-16/h2-3,6,8,14,19H,4-5,7,9,18H2,1H3. The summed E-state index contributed by atoms with van der Waals surface area (Å²) in [6.45, 7) is 2.01. The molecule has 1 atom stereocenters. The minimum Gasteiger partial charge on any atom is -0.271 e. The third kappa shape index (κ3) is 3.31. The molecule has 1 aliphatic heterocycles. The van der Waals surface area contributed by atoms with E-state index in [2.05, 4.69) is 11.5 Å². The van der Waals surface area contributed by atoms with Crippen LogP contribution < -0.4 is 11.3 Å². The largest absolute Gasteiger partial charge is 0.271 e. The maximum Gasteiger partial charge on any atom is 0.123 e. The zero-order valence-electron chi connectivity index (χ0n) is 12.0. The second kappa shape index (κ2) is 6.48. The van der Waals surface area contributed by atoms with Crippen molar-refractivity contribution < 1.29 is 4.39 Å². The second-order valence-corrected chi connectivity index (χ2v) is 7.67. The van der Waals surface area contributed by atoms with Crippen LogP contribution in [0.5, 0.6) is 0 Å². The molecule has 3 rings (SSSR count). The number of nitrogens with two attached hydrogens (primary N) is 1. The van der Waals surface area contributed by atoms with Crippen LogP contribution in [-0.2, 0) is 18.6 Å². The van der Waals surface area contributed by atoms with Gasteiger partial charge < -0.3 is 0 Å². The Morgan fingerprint density at radius 2 is 2.24 bits per heavy atom. The Hall–Kier alpha value is -0.880. The summed E-state index contributed by atoms with van der Waals surface area (Å²) in [7, 11) is 0. The van der Waals surface area contributed by atoms with E-state index >= 15 is 0 Å². The normalized spacial score (nSPS) is 15.8. The molecule has 0 radical (unpaired) electrons. The van der Waals surface area contributed by atoms with Gasteiger partial charge in [0.25, 0.3) is 0 Å². The smallest absolute Gasteiger partial charge is 0.123 e. The van der Waals surface area contributed by atoms with Crippen molar-refractivity contribution in [2.45, 2.75) is 31.6 Å². The zero-order valence-corrected chi connectivity index (χ0v) is 13.6. The highest BCUT2D eigenvalue weighted by Crippen LogP contribution is 2.35. The molecule has 112 valence electrons. The highest BCUT2D eigenvalue weighted by Gasteiger charge is 2.19. The van der Waals surface area contributed by atoms with Crippen LogP contribution in [0.15, 0.2) is 24.3 Å². The summed E-state index contributed by atoms with van der Waals surface area (Å²) in [6.07, 6.45) is 1.87. The molecule has 2 heterocycles. The molecule has 0 spiro atoms. The first-order valence-corrected chi connectivity index (χ1v) is 9.05. The van der Waals surface area contributed by atoms with Crippen LogP contribution in [0.1, 0.15) is 32.5 Å². The van der Waals surface area contributed by atoms with Crippen molar-refractivity contribution in [1.29, 1.82) is 0 Å². The number of fused-ring (bicyclic) bond motifs is 1. The van der Waals surface area contributed by atoms with Gasteiger partial charge in [-0.15, -0.1) is 11.3 Å². The number of halogens is 1. The minimum absolute atomic E-state index is 0.0473. The molecular weight excluding hydrogens is 303 g/mol. The van der Waals surface area contributed by atoms with Gasteiger partial charge in [-0.3, -0.25) is 11.3 Å². The van der Waals surface area contributed by atoms with Crippen molar-refractivity contribution in [3.63, 3.8) is 0 Å².